The predicted octanol–water partition coefficient (Wildman–Crippen LogP) is 3.01. The average Bonchev–Trinajstić information content (AvgIpc) is 2.40. The fraction of sp³-hybridized carbons (Fsp3) is 0.133. The first-order valence-corrected chi connectivity index (χ1v) is 5.80. The minimum Gasteiger partial charge on any atom is -0.618 e. The fourth-order valence-corrected chi connectivity index (χ4v) is 1.66. The summed E-state index contributed by atoms with van der Waals surface area (Å²) in [5, 5.41) is 12.0. The van der Waals surface area contributed by atoms with Gasteiger partial charge in [0.25, 0.3) is 0 Å². The van der Waals surface area contributed by atoms with E-state index in [4.69, 9.17) is 0 Å². The summed E-state index contributed by atoms with van der Waals surface area (Å²) in [4.78, 5) is 1.97. The molecule has 0 atom stereocenters. The Bertz CT molecular complexity index is 547. The smallest absolute Gasteiger partial charge is 0.218 e. The molecule has 0 fully saturated rings. The second-order valence-electron chi connectivity index (χ2n) is 4.28. The van der Waals surface area contributed by atoms with Crippen molar-refractivity contribution in [3.8, 4) is 0 Å². The summed E-state index contributed by atoms with van der Waals surface area (Å²) in [7, 11) is 3.91. The van der Waals surface area contributed by atoms with Crippen LogP contribution in [0.4, 0.5) is 11.4 Å². The Hall–Kier alpha value is -2.29. The zero-order valence-electron chi connectivity index (χ0n) is 10.6. The van der Waals surface area contributed by atoms with Crippen LogP contribution >= 0.6 is 0 Å². The van der Waals surface area contributed by atoms with Crippen molar-refractivity contribution in [3.05, 3.63) is 65.4 Å². The first-order valence-electron chi connectivity index (χ1n) is 5.80. The van der Waals surface area contributed by atoms with Gasteiger partial charge < -0.3 is 10.1 Å². The third-order valence-electron chi connectivity index (χ3n) is 2.67. The van der Waals surface area contributed by atoms with Gasteiger partial charge in [-0.1, -0.05) is 24.3 Å². The van der Waals surface area contributed by atoms with Gasteiger partial charge in [-0.15, -0.1) is 0 Å². The van der Waals surface area contributed by atoms with Crippen molar-refractivity contribution in [2.24, 2.45) is 0 Å². The average molecular weight is 240 g/mol. The minimum atomic E-state index is 0.630. The summed E-state index contributed by atoms with van der Waals surface area (Å²) >= 11 is 0. The molecular formula is C15H16N2O. The lowest BCUT2D eigenvalue weighted by molar-refractivity contribution is -0.354. The first-order chi connectivity index (χ1) is 8.66. The van der Waals surface area contributed by atoms with Gasteiger partial charge in [0.15, 0.2) is 6.21 Å². The van der Waals surface area contributed by atoms with Crippen molar-refractivity contribution < 1.29 is 4.74 Å². The molecule has 0 saturated heterocycles. The summed E-state index contributed by atoms with van der Waals surface area (Å²) < 4.78 is 0.891. The van der Waals surface area contributed by atoms with Gasteiger partial charge in [0.1, 0.15) is 0 Å². The molecule has 0 heterocycles. The van der Waals surface area contributed by atoms with Crippen molar-refractivity contribution >= 4 is 17.6 Å². The summed E-state index contributed by atoms with van der Waals surface area (Å²) in [6, 6.07) is 17.1. The van der Waals surface area contributed by atoms with Crippen molar-refractivity contribution in [2.45, 2.75) is 0 Å². The van der Waals surface area contributed by atoms with E-state index in [9.17, 15) is 5.21 Å². The Balaban J connectivity index is 2.31. The predicted molar refractivity (Wildman–Crippen MR) is 75.7 cm³/mol. The Morgan fingerprint density at radius 3 is 2.39 bits per heavy atom. The van der Waals surface area contributed by atoms with E-state index in [1.54, 1.807) is 12.3 Å². The van der Waals surface area contributed by atoms with E-state index in [-0.39, 0.29) is 0 Å². The lowest BCUT2D eigenvalue weighted by atomic mass is 10.2. The van der Waals surface area contributed by atoms with Crippen molar-refractivity contribution in [2.75, 3.05) is 19.0 Å². The van der Waals surface area contributed by atoms with Crippen LogP contribution in [-0.2, 0) is 0 Å². The molecular weight excluding hydrogens is 224 g/mol. The highest BCUT2D eigenvalue weighted by Crippen LogP contribution is 2.19. The topological polar surface area (TPSA) is 29.3 Å². The SMILES string of the molecule is CN(C)c1cccc(/[N+]([O-])=C/c2ccccc2)c1. The van der Waals surface area contributed by atoms with Crippen LogP contribution in [0.2, 0.25) is 0 Å². The van der Waals surface area contributed by atoms with Crippen LogP contribution in [0.15, 0.2) is 54.6 Å². The van der Waals surface area contributed by atoms with Gasteiger partial charge in [-0.3, -0.25) is 0 Å². The maximum absolute atomic E-state index is 12.0. The zero-order chi connectivity index (χ0) is 13.0. The van der Waals surface area contributed by atoms with Gasteiger partial charge in [-0.2, -0.15) is 4.74 Å². The normalized spacial score (nSPS) is 11.3. The molecule has 0 aliphatic carbocycles. The number of benzene rings is 2. The lowest BCUT2D eigenvalue weighted by Gasteiger charge is -2.12. The van der Waals surface area contributed by atoms with E-state index in [0.717, 1.165) is 16.0 Å². The molecule has 0 N–H and O–H groups in total. The highest BCUT2D eigenvalue weighted by molar-refractivity contribution is 5.76. The van der Waals surface area contributed by atoms with Gasteiger partial charge in [-0.25, -0.2) is 0 Å². The molecule has 18 heavy (non-hydrogen) atoms. The van der Waals surface area contributed by atoms with Crippen LogP contribution in [0.5, 0.6) is 0 Å². The third kappa shape index (κ3) is 2.88. The molecule has 0 bridgehead atoms. The molecule has 0 amide bonds. The van der Waals surface area contributed by atoms with Crippen LogP contribution in [0.3, 0.4) is 0 Å². The molecule has 0 aromatic heterocycles. The monoisotopic (exact) mass is 240 g/mol. The van der Waals surface area contributed by atoms with Crippen LogP contribution in [-0.4, -0.2) is 25.0 Å². The quantitative estimate of drug-likeness (QED) is 0.357. The van der Waals surface area contributed by atoms with E-state index in [1.165, 1.54) is 0 Å². The summed E-state index contributed by atoms with van der Waals surface area (Å²) in [5.74, 6) is 0. The van der Waals surface area contributed by atoms with Gasteiger partial charge in [0.05, 0.1) is 0 Å². The molecule has 0 radical (unpaired) electrons. The Morgan fingerprint density at radius 2 is 1.72 bits per heavy atom. The molecule has 3 nitrogen and oxygen atoms in total. The molecule has 3 heteroatoms. The van der Waals surface area contributed by atoms with E-state index >= 15 is 0 Å². The van der Waals surface area contributed by atoms with E-state index in [0.29, 0.717) is 5.69 Å². The molecule has 0 aliphatic heterocycles. The molecule has 0 spiro atoms. The Labute approximate surface area is 107 Å². The van der Waals surface area contributed by atoms with E-state index < -0.39 is 0 Å². The maximum atomic E-state index is 12.0. The van der Waals surface area contributed by atoms with Crippen LogP contribution in [0.25, 0.3) is 0 Å². The molecule has 2 aromatic rings. The lowest BCUT2D eigenvalue weighted by Crippen LogP contribution is -2.09. The van der Waals surface area contributed by atoms with Gasteiger partial charge in [0, 0.05) is 37.5 Å². The number of hydrogen-bond donors (Lipinski definition) is 0. The zero-order valence-corrected chi connectivity index (χ0v) is 10.6. The van der Waals surface area contributed by atoms with E-state index in [2.05, 4.69) is 0 Å². The standard InChI is InChI=1S/C15H16N2O/c1-16(2)14-9-6-10-15(11-14)17(18)12-13-7-4-3-5-8-13/h3-12H,1-2H3/b17-12-. The van der Waals surface area contributed by atoms with Crippen molar-refractivity contribution in [3.63, 3.8) is 0 Å². The van der Waals surface area contributed by atoms with Gasteiger partial charge >= 0.3 is 0 Å². The number of nitrogens with zero attached hydrogens (tertiary/aromatic N) is 2. The van der Waals surface area contributed by atoms with Crippen LogP contribution < -0.4 is 4.90 Å². The van der Waals surface area contributed by atoms with Crippen molar-refractivity contribution in [1.82, 2.24) is 0 Å². The molecule has 0 saturated carbocycles. The van der Waals surface area contributed by atoms with Gasteiger partial charge in [0.2, 0.25) is 5.69 Å². The maximum Gasteiger partial charge on any atom is 0.218 e. The number of anilines is 1. The molecule has 0 unspecified atom stereocenters. The highest BCUT2D eigenvalue weighted by Gasteiger charge is 2.04. The second-order valence-corrected chi connectivity index (χ2v) is 4.28. The van der Waals surface area contributed by atoms with Gasteiger partial charge in [-0.05, 0) is 18.2 Å². The Kier molecular flexibility index (Phi) is 3.63. The third-order valence-corrected chi connectivity index (χ3v) is 2.67. The fourth-order valence-electron chi connectivity index (χ4n) is 1.66. The second kappa shape index (κ2) is 5.36. The van der Waals surface area contributed by atoms with Crippen LogP contribution in [0.1, 0.15) is 5.56 Å². The largest absolute Gasteiger partial charge is 0.618 e. The summed E-state index contributed by atoms with van der Waals surface area (Å²) in [5.41, 5.74) is 2.53. The number of rotatable bonds is 3. The first kappa shape index (κ1) is 12.2. The van der Waals surface area contributed by atoms with Crippen LogP contribution in [0, 0.1) is 5.21 Å². The van der Waals surface area contributed by atoms with E-state index in [1.807, 2.05) is 67.5 Å². The minimum absolute atomic E-state index is 0.630. The van der Waals surface area contributed by atoms with Crippen molar-refractivity contribution in [1.29, 1.82) is 0 Å². The highest BCUT2D eigenvalue weighted by atomic mass is 16.5. The molecule has 2 rings (SSSR count). The molecule has 92 valence electrons. The molecule has 2 aromatic carbocycles. The Morgan fingerprint density at radius 1 is 1.00 bits per heavy atom. The molecule has 0 aliphatic rings. The number of hydrogen-bond acceptors (Lipinski definition) is 2. The summed E-state index contributed by atoms with van der Waals surface area (Å²) in [6.07, 6.45) is 1.58. The summed E-state index contributed by atoms with van der Waals surface area (Å²) in [6.45, 7) is 0.